The lowest BCUT2D eigenvalue weighted by Crippen LogP contribution is -2.50. The SMILES string of the molecule is CCCCCCCOP(O)(=S)OC1[C@@H]2O[C@@H](C)[C@]1(COP(=O)(S)OC1(CCOP(O)(=S)O[C@@H]3C[C@H](n4cc(C)c(=O)[nH]c4=O)O[C@@H]3COP(O)(=S)O[C@@H]3C[C@H](n4cnc5c(=O)[nH]c(N)nc54)O[C@@H]3COP(O)(=S)O[C@@H]3C[C@H](n4cc(C)c(=O)[nH]c4=O)O[C@@H]3COP(O)(=S)OC3C[C@H](n4cnc5c(N)ncnc54)O[C@@H]3CC)CO[C@@H](n3cc(C)c(N)nc3=O)C1)O[C@H]2n1cnc2c(N)ncnc21. The third-order valence-corrected chi connectivity index (χ3v) is 33.4. The zero-order chi connectivity index (χ0) is 97.3. The van der Waals surface area contributed by atoms with Crippen molar-refractivity contribution in [3.05, 3.63) is 129 Å². The number of ether oxygens (including phenoxy) is 7. The van der Waals surface area contributed by atoms with Crippen LogP contribution in [-0.4, -0.2) is 236 Å². The lowest BCUT2D eigenvalue weighted by molar-refractivity contribution is -0.214. The van der Waals surface area contributed by atoms with Crippen molar-refractivity contribution in [2.45, 2.75) is 234 Å². The maximum Gasteiger partial charge on any atom is 0.386 e. The summed E-state index contributed by atoms with van der Waals surface area (Å²) < 4.78 is 142. The highest BCUT2D eigenvalue weighted by molar-refractivity contribution is 8.44. The Morgan fingerprint density at radius 1 is 0.507 bits per heavy atom. The van der Waals surface area contributed by atoms with Crippen LogP contribution >= 0.6 is 52.6 Å². The first-order valence-electron chi connectivity index (χ1n) is 42.4. The van der Waals surface area contributed by atoms with Crippen molar-refractivity contribution in [2.75, 3.05) is 69.2 Å². The van der Waals surface area contributed by atoms with E-state index in [4.69, 9.17) is 169 Å². The summed E-state index contributed by atoms with van der Waals surface area (Å²) >= 11 is 32.8. The summed E-state index contributed by atoms with van der Waals surface area (Å²) in [5.74, 6) is -0.175. The van der Waals surface area contributed by atoms with E-state index < -0.39 is 236 Å². The van der Waals surface area contributed by atoms with Gasteiger partial charge in [-0.2, -0.15) is 9.97 Å². The fourth-order valence-corrected chi connectivity index (χ4v) is 26.2. The van der Waals surface area contributed by atoms with Crippen molar-refractivity contribution in [2.24, 2.45) is 0 Å². The Hall–Kier alpha value is -6.24. The number of thiol groups is 1. The van der Waals surface area contributed by atoms with Gasteiger partial charge in [0.15, 0.2) is 40.3 Å². The molecule has 7 aliphatic rings. The molecule has 7 aliphatic heterocycles. The molecule has 0 saturated carbocycles. The van der Waals surface area contributed by atoms with E-state index in [9.17, 15) is 53.2 Å². The summed E-state index contributed by atoms with van der Waals surface area (Å²) in [4.78, 5) is 184. The minimum atomic E-state index is -4.82. The number of aromatic nitrogens is 18. The molecule has 0 amide bonds. The third-order valence-electron chi connectivity index (χ3n) is 23.8. The van der Waals surface area contributed by atoms with Crippen LogP contribution in [0, 0.1) is 20.8 Å². The molecule has 0 spiro atoms. The number of imidazole rings is 3. The quantitative estimate of drug-likeness (QED) is 0.0145. The van der Waals surface area contributed by atoms with Gasteiger partial charge in [-0.15, -0.1) is 0 Å². The summed E-state index contributed by atoms with van der Waals surface area (Å²) in [5, 5.41) is 0. The Bertz CT molecular complexity index is 6680. The van der Waals surface area contributed by atoms with Crippen LogP contribution in [0.5, 0.6) is 0 Å². The van der Waals surface area contributed by atoms with Gasteiger partial charge in [0.1, 0.15) is 102 Å². The average molecular weight is 2130 g/mol. The first-order chi connectivity index (χ1) is 64.3. The van der Waals surface area contributed by atoms with Gasteiger partial charge in [-0.3, -0.25) is 70.3 Å². The van der Waals surface area contributed by atoms with Crippen molar-refractivity contribution >= 4 is 169 Å². The molecular weight excluding hydrogens is 2040 g/mol. The summed E-state index contributed by atoms with van der Waals surface area (Å²) in [6.07, 6.45) is -6.78. The molecule has 9 aromatic rings. The monoisotopic (exact) mass is 2130 g/mol. The maximum absolute atomic E-state index is 15.3. The van der Waals surface area contributed by atoms with Gasteiger partial charge in [0.05, 0.1) is 102 Å². The molecule has 136 heavy (non-hydrogen) atoms. The highest BCUT2D eigenvalue weighted by Crippen LogP contribution is 2.64. The predicted molar refractivity (Wildman–Crippen MR) is 499 cm³/mol. The van der Waals surface area contributed by atoms with Crippen molar-refractivity contribution in [1.82, 2.24) is 87.2 Å². The first kappa shape index (κ1) is 103. The van der Waals surface area contributed by atoms with Crippen molar-refractivity contribution < 1.29 is 116 Å². The van der Waals surface area contributed by atoms with E-state index in [0.29, 0.717) is 29.6 Å². The number of nitrogens with two attached hydrogens (primary N) is 4. The molecule has 16 rings (SSSR count). The normalized spacial score (nSPS) is 30.0. The van der Waals surface area contributed by atoms with E-state index in [-0.39, 0.29) is 95.6 Å². The van der Waals surface area contributed by atoms with E-state index in [1.165, 1.54) is 73.2 Å². The molecule has 0 aliphatic carbocycles. The molecule has 65 heteroatoms. The molecule has 16 N–H and O–H groups in total. The number of unbranched alkanes of at least 4 members (excludes halogenated alkanes) is 4. The van der Waals surface area contributed by atoms with E-state index in [1.807, 2.05) is 6.92 Å². The van der Waals surface area contributed by atoms with Crippen LogP contribution in [0.15, 0.2) is 79.0 Å². The zero-order valence-corrected chi connectivity index (χ0v) is 83.3. The molecule has 7 fully saturated rings. The number of aryl methyl sites for hydroxylation is 3. The molecule has 9 aromatic heterocycles. The summed E-state index contributed by atoms with van der Waals surface area (Å²) in [6, 6.07) is 0. The van der Waals surface area contributed by atoms with E-state index in [2.05, 4.69) is 79.0 Å². The number of nitrogens with zero attached hydrogens (tertiary/aromatic N) is 15. The Kier molecular flexibility index (Phi) is 31.1. The Morgan fingerprint density at radius 2 is 0.971 bits per heavy atom. The molecule has 7 saturated heterocycles. The average Bonchev–Trinajstić information content (AvgIpc) is 1.54. The number of hydrogen-bond donors (Lipinski definition) is 13. The number of H-pyrrole nitrogens is 3. The Morgan fingerprint density at radius 3 is 1.51 bits per heavy atom. The molecule has 2 bridgehead atoms. The molecule has 0 radical (unpaired) electrons. The number of fused-ring (bicyclic) bond motifs is 5. The van der Waals surface area contributed by atoms with Crippen LogP contribution in [0.3, 0.4) is 0 Å². The van der Waals surface area contributed by atoms with E-state index in [0.717, 1.165) is 39.4 Å². The van der Waals surface area contributed by atoms with Crippen LogP contribution in [-0.2, 0) is 151 Å². The van der Waals surface area contributed by atoms with Crippen LogP contribution in [0.1, 0.15) is 152 Å². The van der Waals surface area contributed by atoms with Gasteiger partial charge in [0.25, 0.3) is 16.7 Å². The largest absolute Gasteiger partial charge is 0.386 e. The molecule has 16 heterocycles. The number of nitrogen functional groups attached to an aromatic ring is 4. The highest BCUT2D eigenvalue weighted by Gasteiger charge is 2.69. The number of hydrogen-bond acceptors (Lipinski definition) is 44. The van der Waals surface area contributed by atoms with Gasteiger partial charge in [-0.05, 0) is 99.6 Å². The summed E-state index contributed by atoms with van der Waals surface area (Å²) in [6.45, 7) is -21.2. The second-order valence-corrected chi connectivity index (χ2v) is 49.9. The molecular formula is C71H98N22O31P6S6. The van der Waals surface area contributed by atoms with Crippen LogP contribution < -0.4 is 56.7 Å². The zero-order valence-electron chi connectivity index (χ0n) is 72.9. The minimum Gasteiger partial charge on any atom is -0.383 e. The molecule has 744 valence electrons. The highest BCUT2D eigenvalue weighted by atomic mass is 32.7. The fourth-order valence-electron chi connectivity index (χ4n) is 16.9. The summed E-state index contributed by atoms with van der Waals surface area (Å²) in [7, 11) is 0. The van der Waals surface area contributed by atoms with Gasteiger partial charge in [-0.1, -0.05) is 51.8 Å². The molecule has 25 atom stereocenters. The standard InChI is InChI=1S/C71H98N22O31P6S6/c1-7-9-10-11-12-14-107-126(101,132)123-55-54-65(93-33-81-52-58(74)77-30-79-60(52)93)118-71(55,37(6)113-54)28-112-130(105,136)124-70(20-50(106-27-70)90-21-34(3)56(72)83-67(90)97)13-15-108-125(100,131)120-40-17-46(88-22-35(4)62(94)86-68(88)98)115-43(40)24-110-129(104,135)122-42-19-49(92-32-82-53-61(92)84-66(75)85-64(53)96)117-45(42)26-111-128(103,134)121-41-18-47(89-23-36(5)63(95)87-69(89)99)116-44(41)25-109-127(102,133)119-39-16-48(114-38(39)8-2)91-31-80-51-57(73)76-29-78-59(51)91/h21-23,29-33,37-50,54-55,65H,7-20,24-28H2,1-6H3,(H,100,131)(H,101,132)(H,102,133)(H,103,134)(H,104,135)(H,105,136)(H2,72,83,97)(H2,73,76,78)(H2,74,77,79)(H,86,94,98)(H,87,95,99)(H3,75,84,85,96)/t37-,38+,39?,40+,41+,42+,43+,44+,45+,46+,47+,48+,49+,50+,54-,55?,65+,70?,71-,125?,126?,127?,128?,129?,130?/m0/s1. The summed E-state index contributed by atoms with van der Waals surface area (Å²) in [5.41, 5.74) is 17.3. The molecule has 9 unspecified atom stereocenters. The third kappa shape index (κ3) is 22.8. The van der Waals surface area contributed by atoms with Crippen LogP contribution in [0.2, 0.25) is 0 Å². The van der Waals surface area contributed by atoms with Gasteiger partial charge in [0, 0.05) is 73.8 Å². The lowest BCUT2D eigenvalue weighted by atomic mass is 9.94. The second-order valence-electron chi connectivity index (χ2n) is 33.1. The van der Waals surface area contributed by atoms with Gasteiger partial charge < -0.3 is 121 Å². The number of rotatable bonds is 42. The predicted octanol–water partition coefficient (Wildman–Crippen LogP) is 4.21. The number of nitrogens with one attached hydrogen (secondary N) is 3. The van der Waals surface area contributed by atoms with Gasteiger partial charge in [-0.25, -0.2) is 53.8 Å². The number of anilines is 4. The van der Waals surface area contributed by atoms with Crippen molar-refractivity contribution in [3.8, 4) is 0 Å². The van der Waals surface area contributed by atoms with Crippen LogP contribution in [0.25, 0.3) is 33.5 Å². The van der Waals surface area contributed by atoms with Crippen molar-refractivity contribution in [1.29, 1.82) is 0 Å². The smallest absolute Gasteiger partial charge is 0.383 e. The number of aromatic amines is 3. The topological polar surface area (TPSA) is 693 Å². The fraction of sp³-hybridized carbons (Fsp3) is 0.620. The first-order valence-corrected chi connectivity index (χ1v) is 58.1. The van der Waals surface area contributed by atoms with E-state index >= 15 is 4.57 Å². The Balaban J connectivity index is 0.616. The maximum atomic E-state index is 15.3. The van der Waals surface area contributed by atoms with E-state index in [1.54, 1.807) is 18.4 Å². The molecule has 0 aromatic carbocycles. The lowest BCUT2D eigenvalue weighted by Gasteiger charge is -2.37. The Labute approximate surface area is 800 Å². The van der Waals surface area contributed by atoms with Gasteiger partial charge >= 0.3 is 57.5 Å². The minimum absolute atomic E-state index is 0.0565. The molecule has 53 nitrogen and oxygen atoms in total. The van der Waals surface area contributed by atoms with Crippen molar-refractivity contribution in [3.63, 3.8) is 0 Å². The van der Waals surface area contributed by atoms with Crippen LogP contribution in [0.4, 0.5) is 23.4 Å². The van der Waals surface area contributed by atoms with Gasteiger partial charge in [0.2, 0.25) is 5.95 Å². The second kappa shape index (κ2) is 41.2.